The van der Waals surface area contributed by atoms with Gasteiger partial charge in [-0.25, -0.2) is 9.18 Å². The lowest BCUT2D eigenvalue weighted by Crippen LogP contribution is -2.21. The minimum Gasteiger partial charge on any atom is -0.452 e. The summed E-state index contributed by atoms with van der Waals surface area (Å²) in [7, 11) is 0. The number of aliphatic hydroxyl groups is 1. The molecule has 0 bridgehead atoms. The van der Waals surface area contributed by atoms with Crippen molar-refractivity contribution in [3.8, 4) is 0 Å². The van der Waals surface area contributed by atoms with Crippen LogP contribution in [0.4, 0.5) is 15.8 Å². The minimum atomic E-state index is -0.676. The summed E-state index contributed by atoms with van der Waals surface area (Å²) in [5, 5.41) is 14.2. The van der Waals surface area contributed by atoms with E-state index in [0.29, 0.717) is 5.69 Å². The molecule has 0 aromatic heterocycles. The average Bonchev–Trinajstić information content (AvgIpc) is 2.58. The zero-order valence-electron chi connectivity index (χ0n) is 12.8. The van der Waals surface area contributed by atoms with Gasteiger partial charge >= 0.3 is 5.97 Å². The molecule has 0 saturated carbocycles. The highest BCUT2D eigenvalue weighted by molar-refractivity contribution is 5.98. The Morgan fingerprint density at radius 2 is 1.92 bits per heavy atom. The number of amides is 1. The zero-order valence-corrected chi connectivity index (χ0v) is 12.8. The normalized spacial score (nSPS) is 10.1. The first kappa shape index (κ1) is 17.4. The van der Waals surface area contributed by atoms with Crippen molar-refractivity contribution in [1.82, 2.24) is 0 Å². The number of hydrogen-bond acceptors (Lipinski definition) is 5. The fourth-order valence-corrected chi connectivity index (χ4v) is 1.98. The Labute approximate surface area is 138 Å². The smallest absolute Gasteiger partial charge is 0.340 e. The molecule has 0 fully saturated rings. The Morgan fingerprint density at radius 1 is 1.12 bits per heavy atom. The summed E-state index contributed by atoms with van der Waals surface area (Å²) in [5.41, 5.74) is 1.03. The van der Waals surface area contributed by atoms with Gasteiger partial charge in [0, 0.05) is 17.9 Å². The maximum absolute atomic E-state index is 13.0. The van der Waals surface area contributed by atoms with Crippen molar-refractivity contribution in [2.24, 2.45) is 0 Å². The Morgan fingerprint density at radius 3 is 2.67 bits per heavy atom. The third kappa shape index (κ3) is 5.06. The van der Waals surface area contributed by atoms with Crippen molar-refractivity contribution in [1.29, 1.82) is 0 Å². The molecule has 7 heteroatoms. The van der Waals surface area contributed by atoms with Gasteiger partial charge in [0.2, 0.25) is 0 Å². The van der Waals surface area contributed by atoms with E-state index in [9.17, 15) is 14.0 Å². The monoisotopic (exact) mass is 332 g/mol. The second kappa shape index (κ2) is 8.64. The number of rotatable bonds is 7. The van der Waals surface area contributed by atoms with Crippen LogP contribution in [0, 0.1) is 5.82 Å². The van der Waals surface area contributed by atoms with Gasteiger partial charge in [-0.3, -0.25) is 4.79 Å². The molecule has 0 unspecified atom stereocenters. The number of halogens is 1. The van der Waals surface area contributed by atoms with Crippen LogP contribution < -0.4 is 10.6 Å². The van der Waals surface area contributed by atoms with Crippen molar-refractivity contribution in [2.45, 2.75) is 0 Å². The van der Waals surface area contributed by atoms with E-state index in [4.69, 9.17) is 9.84 Å². The molecule has 2 rings (SSSR count). The highest BCUT2D eigenvalue weighted by Crippen LogP contribution is 2.16. The molecular weight excluding hydrogens is 315 g/mol. The van der Waals surface area contributed by atoms with E-state index >= 15 is 0 Å². The van der Waals surface area contributed by atoms with Crippen molar-refractivity contribution < 1.29 is 23.8 Å². The van der Waals surface area contributed by atoms with E-state index in [1.165, 1.54) is 18.2 Å². The zero-order chi connectivity index (χ0) is 17.4. The Kier molecular flexibility index (Phi) is 6.27. The van der Waals surface area contributed by atoms with Crippen molar-refractivity contribution in [2.75, 3.05) is 30.4 Å². The summed E-state index contributed by atoms with van der Waals surface area (Å²) in [6.45, 7) is -0.298. The number of nitrogens with one attached hydrogen (secondary N) is 2. The SMILES string of the molecule is O=C(COC(=O)c1ccccc1NCCO)Nc1cccc(F)c1. The van der Waals surface area contributed by atoms with Crippen molar-refractivity contribution in [3.63, 3.8) is 0 Å². The molecule has 24 heavy (non-hydrogen) atoms. The van der Waals surface area contributed by atoms with E-state index in [2.05, 4.69) is 10.6 Å². The van der Waals surface area contributed by atoms with Crippen LogP contribution in [0.3, 0.4) is 0 Å². The lowest BCUT2D eigenvalue weighted by atomic mass is 10.2. The van der Waals surface area contributed by atoms with Crippen LogP contribution in [-0.4, -0.2) is 36.7 Å². The largest absolute Gasteiger partial charge is 0.452 e. The van der Waals surface area contributed by atoms with Gasteiger partial charge in [-0.1, -0.05) is 18.2 Å². The molecule has 0 aliphatic carbocycles. The molecule has 6 nitrogen and oxygen atoms in total. The highest BCUT2D eigenvalue weighted by Gasteiger charge is 2.14. The topological polar surface area (TPSA) is 87.7 Å². The van der Waals surface area contributed by atoms with Crippen LogP contribution in [0.2, 0.25) is 0 Å². The molecule has 0 radical (unpaired) electrons. The van der Waals surface area contributed by atoms with Gasteiger partial charge in [0.15, 0.2) is 6.61 Å². The number of carbonyl (C=O) groups excluding carboxylic acids is 2. The second-order valence-corrected chi connectivity index (χ2v) is 4.83. The summed E-state index contributed by atoms with van der Waals surface area (Å²) in [6.07, 6.45) is 0. The number of aliphatic hydroxyl groups excluding tert-OH is 1. The minimum absolute atomic E-state index is 0.0839. The van der Waals surface area contributed by atoms with Gasteiger partial charge < -0.3 is 20.5 Å². The molecule has 2 aromatic carbocycles. The van der Waals surface area contributed by atoms with Gasteiger partial charge in [-0.15, -0.1) is 0 Å². The average molecular weight is 332 g/mol. The standard InChI is InChI=1S/C17H17FN2O4/c18-12-4-3-5-13(10-12)20-16(22)11-24-17(23)14-6-1-2-7-15(14)19-8-9-21/h1-7,10,19,21H,8-9,11H2,(H,20,22). The first-order chi connectivity index (χ1) is 11.6. The van der Waals surface area contributed by atoms with E-state index < -0.39 is 24.3 Å². The first-order valence-electron chi connectivity index (χ1n) is 7.26. The van der Waals surface area contributed by atoms with Crippen LogP contribution in [0.15, 0.2) is 48.5 Å². The third-order valence-corrected chi connectivity index (χ3v) is 3.02. The Bertz CT molecular complexity index is 721. The molecule has 1 amide bonds. The van der Waals surface area contributed by atoms with Gasteiger partial charge in [0.25, 0.3) is 5.91 Å². The lowest BCUT2D eigenvalue weighted by molar-refractivity contribution is -0.119. The summed E-state index contributed by atoms with van der Waals surface area (Å²) >= 11 is 0. The van der Waals surface area contributed by atoms with Gasteiger partial charge in [-0.2, -0.15) is 0 Å². The van der Waals surface area contributed by atoms with Crippen LogP contribution in [0.1, 0.15) is 10.4 Å². The number of para-hydroxylation sites is 1. The quantitative estimate of drug-likeness (QED) is 0.675. The molecule has 126 valence electrons. The van der Waals surface area contributed by atoms with Gasteiger partial charge in [-0.05, 0) is 30.3 Å². The maximum Gasteiger partial charge on any atom is 0.340 e. The lowest BCUT2D eigenvalue weighted by Gasteiger charge is -2.11. The predicted octanol–water partition coefficient (Wildman–Crippen LogP) is 2.03. The molecule has 0 atom stereocenters. The van der Waals surface area contributed by atoms with E-state index in [0.717, 1.165) is 6.07 Å². The Hall–Kier alpha value is -2.93. The first-order valence-corrected chi connectivity index (χ1v) is 7.26. The predicted molar refractivity (Wildman–Crippen MR) is 87.3 cm³/mol. The van der Waals surface area contributed by atoms with E-state index in [-0.39, 0.29) is 24.4 Å². The third-order valence-electron chi connectivity index (χ3n) is 3.02. The maximum atomic E-state index is 13.0. The van der Waals surface area contributed by atoms with Crippen LogP contribution in [0.25, 0.3) is 0 Å². The van der Waals surface area contributed by atoms with Gasteiger partial charge in [0.05, 0.1) is 12.2 Å². The molecule has 3 N–H and O–H groups in total. The molecule has 0 aliphatic rings. The summed E-state index contributed by atoms with van der Waals surface area (Å²) in [4.78, 5) is 23.8. The fourth-order valence-electron chi connectivity index (χ4n) is 1.98. The highest BCUT2D eigenvalue weighted by atomic mass is 19.1. The number of anilines is 2. The van der Waals surface area contributed by atoms with E-state index in [1.807, 2.05) is 0 Å². The molecular formula is C17H17FN2O4. The second-order valence-electron chi connectivity index (χ2n) is 4.83. The molecule has 0 saturated heterocycles. The molecule has 0 heterocycles. The molecule has 0 aliphatic heterocycles. The number of benzene rings is 2. The van der Waals surface area contributed by atoms with Crippen LogP contribution in [-0.2, 0) is 9.53 Å². The van der Waals surface area contributed by atoms with Crippen LogP contribution >= 0.6 is 0 Å². The van der Waals surface area contributed by atoms with Gasteiger partial charge in [0.1, 0.15) is 5.82 Å². The molecule has 2 aromatic rings. The summed E-state index contributed by atoms with van der Waals surface area (Å²) < 4.78 is 18.0. The Balaban J connectivity index is 1.92. The summed E-state index contributed by atoms with van der Waals surface area (Å²) in [6, 6.07) is 12.0. The van der Waals surface area contributed by atoms with Crippen molar-refractivity contribution >= 4 is 23.3 Å². The van der Waals surface area contributed by atoms with Crippen molar-refractivity contribution in [3.05, 3.63) is 59.9 Å². The fraction of sp³-hybridized carbons (Fsp3) is 0.176. The number of hydrogen-bond donors (Lipinski definition) is 3. The molecule has 0 spiro atoms. The number of esters is 1. The number of carbonyl (C=O) groups is 2. The van der Waals surface area contributed by atoms with E-state index in [1.54, 1.807) is 24.3 Å². The van der Waals surface area contributed by atoms with Crippen LogP contribution in [0.5, 0.6) is 0 Å². The summed E-state index contributed by atoms with van der Waals surface area (Å²) in [5.74, 6) is -1.73. The number of ether oxygens (including phenoxy) is 1.